The first-order valence-corrected chi connectivity index (χ1v) is 11.8. The molecule has 0 bridgehead atoms. The maximum Gasteiger partial charge on any atom is 0.263 e. The minimum absolute atomic E-state index is 0.0274. The van der Waals surface area contributed by atoms with Crippen LogP contribution in [0.15, 0.2) is 60.1 Å². The first kappa shape index (κ1) is 21.3. The van der Waals surface area contributed by atoms with Crippen LogP contribution in [0.3, 0.4) is 0 Å². The predicted molar refractivity (Wildman–Crippen MR) is 127 cm³/mol. The van der Waals surface area contributed by atoms with Crippen LogP contribution in [0, 0.1) is 18.7 Å². The van der Waals surface area contributed by atoms with Crippen molar-refractivity contribution in [3.8, 4) is 11.3 Å². The number of benzene rings is 1. The zero-order valence-electron chi connectivity index (χ0n) is 18.1. The summed E-state index contributed by atoms with van der Waals surface area (Å²) in [6.45, 7) is 3.08. The van der Waals surface area contributed by atoms with Crippen LogP contribution in [-0.2, 0) is 4.79 Å². The number of amides is 2. The van der Waals surface area contributed by atoms with Crippen molar-refractivity contribution in [2.45, 2.75) is 19.8 Å². The molecule has 1 fully saturated rings. The van der Waals surface area contributed by atoms with Gasteiger partial charge in [0.25, 0.3) is 5.91 Å². The number of fused-ring (bicyclic) bond motifs is 1. The third-order valence-electron chi connectivity index (χ3n) is 6.03. The molecule has 33 heavy (non-hydrogen) atoms. The van der Waals surface area contributed by atoms with E-state index in [4.69, 9.17) is 4.98 Å². The summed E-state index contributed by atoms with van der Waals surface area (Å²) in [6, 6.07) is 13.7. The number of carbonyl (C=O) groups is 2. The van der Waals surface area contributed by atoms with Crippen molar-refractivity contribution < 1.29 is 14.0 Å². The summed E-state index contributed by atoms with van der Waals surface area (Å²) in [4.78, 5) is 33.0. The van der Waals surface area contributed by atoms with Gasteiger partial charge in [-0.1, -0.05) is 6.07 Å². The fourth-order valence-corrected chi connectivity index (χ4v) is 4.89. The van der Waals surface area contributed by atoms with Gasteiger partial charge in [0.05, 0.1) is 4.88 Å². The molecule has 0 atom stereocenters. The zero-order valence-corrected chi connectivity index (χ0v) is 18.9. The van der Waals surface area contributed by atoms with Crippen LogP contribution >= 0.6 is 11.3 Å². The van der Waals surface area contributed by atoms with E-state index in [0.29, 0.717) is 43.1 Å². The number of hydrogen-bond acceptors (Lipinski definition) is 4. The lowest BCUT2D eigenvalue weighted by Crippen LogP contribution is -2.41. The van der Waals surface area contributed by atoms with Gasteiger partial charge in [-0.3, -0.25) is 14.0 Å². The fourth-order valence-electron chi connectivity index (χ4n) is 4.19. The second-order valence-electron chi connectivity index (χ2n) is 8.28. The number of likely N-dealkylation sites (tertiary alicyclic amines) is 1. The summed E-state index contributed by atoms with van der Waals surface area (Å²) in [5.74, 6) is -0.0236. The Bertz CT molecular complexity index is 1310. The number of anilines is 1. The van der Waals surface area contributed by atoms with E-state index in [2.05, 4.69) is 5.32 Å². The highest BCUT2D eigenvalue weighted by atomic mass is 32.1. The van der Waals surface area contributed by atoms with Gasteiger partial charge in [0.1, 0.15) is 23.0 Å². The van der Waals surface area contributed by atoms with Gasteiger partial charge in [-0.05, 0) is 73.2 Å². The Balaban J connectivity index is 1.36. The molecule has 1 saturated heterocycles. The number of pyridine rings is 1. The van der Waals surface area contributed by atoms with Crippen LogP contribution in [0.2, 0.25) is 0 Å². The number of rotatable bonds is 4. The molecule has 0 spiro atoms. The smallest absolute Gasteiger partial charge is 0.263 e. The van der Waals surface area contributed by atoms with Crippen molar-refractivity contribution >= 4 is 34.6 Å². The summed E-state index contributed by atoms with van der Waals surface area (Å²) in [5, 5.41) is 4.97. The van der Waals surface area contributed by atoms with E-state index in [1.54, 1.807) is 12.1 Å². The predicted octanol–water partition coefficient (Wildman–Crippen LogP) is 5.00. The minimum Gasteiger partial charge on any atom is -0.338 e. The Hall–Kier alpha value is -3.52. The Morgan fingerprint density at radius 1 is 1.12 bits per heavy atom. The zero-order chi connectivity index (χ0) is 22.9. The van der Waals surface area contributed by atoms with E-state index >= 15 is 0 Å². The molecule has 8 heteroatoms. The average molecular weight is 463 g/mol. The lowest BCUT2D eigenvalue weighted by molar-refractivity contribution is -0.121. The highest BCUT2D eigenvalue weighted by Gasteiger charge is 2.29. The lowest BCUT2D eigenvalue weighted by atomic mass is 9.95. The molecule has 0 aliphatic carbocycles. The molecule has 1 N–H and O–H groups in total. The van der Waals surface area contributed by atoms with E-state index in [1.807, 2.05) is 52.1 Å². The van der Waals surface area contributed by atoms with Gasteiger partial charge in [-0.15, -0.1) is 11.3 Å². The summed E-state index contributed by atoms with van der Waals surface area (Å²) in [7, 11) is 0. The standard InChI is InChI=1S/C25H23FN4O2S/c1-16-8-13-30-21(15-16)27-22(17-4-6-19(26)7-5-17)23(30)28-24(31)18-9-11-29(12-10-18)25(32)20-3-2-14-33-20/h2-8,13-15,18H,9-12H2,1H3,(H,28,31). The van der Waals surface area contributed by atoms with Crippen molar-refractivity contribution in [2.75, 3.05) is 18.4 Å². The van der Waals surface area contributed by atoms with Crippen molar-refractivity contribution in [1.82, 2.24) is 14.3 Å². The number of imidazole rings is 1. The van der Waals surface area contributed by atoms with E-state index in [1.165, 1.54) is 23.5 Å². The van der Waals surface area contributed by atoms with E-state index < -0.39 is 0 Å². The average Bonchev–Trinajstić information content (AvgIpc) is 3.48. The number of thiophene rings is 1. The number of hydrogen-bond donors (Lipinski definition) is 1. The molecule has 1 aliphatic rings. The summed E-state index contributed by atoms with van der Waals surface area (Å²) >= 11 is 1.43. The first-order chi connectivity index (χ1) is 16.0. The summed E-state index contributed by atoms with van der Waals surface area (Å²) in [6.07, 6.45) is 3.08. The van der Waals surface area contributed by atoms with E-state index in [0.717, 1.165) is 16.0 Å². The van der Waals surface area contributed by atoms with Crippen LogP contribution in [0.1, 0.15) is 28.1 Å². The number of nitrogens with one attached hydrogen (secondary N) is 1. The second-order valence-corrected chi connectivity index (χ2v) is 9.23. The number of aryl methyl sites for hydroxylation is 1. The Labute approximate surface area is 194 Å². The number of aromatic nitrogens is 2. The maximum atomic E-state index is 13.5. The highest BCUT2D eigenvalue weighted by molar-refractivity contribution is 7.12. The van der Waals surface area contributed by atoms with Gasteiger partial charge in [-0.25, -0.2) is 9.37 Å². The van der Waals surface area contributed by atoms with Crippen LogP contribution in [0.25, 0.3) is 16.9 Å². The number of halogens is 1. The van der Waals surface area contributed by atoms with Gasteiger partial charge < -0.3 is 10.2 Å². The monoisotopic (exact) mass is 462 g/mol. The fraction of sp³-hybridized carbons (Fsp3) is 0.240. The molecule has 168 valence electrons. The van der Waals surface area contributed by atoms with Crippen molar-refractivity contribution in [3.05, 3.63) is 76.4 Å². The Morgan fingerprint density at radius 3 is 2.58 bits per heavy atom. The van der Waals surface area contributed by atoms with Crippen molar-refractivity contribution in [1.29, 1.82) is 0 Å². The normalized spacial score (nSPS) is 14.5. The molecule has 1 aliphatic heterocycles. The van der Waals surface area contributed by atoms with Gasteiger partial charge in [0, 0.05) is 30.8 Å². The quantitative estimate of drug-likeness (QED) is 0.464. The SMILES string of the molecule is Cc1ccn2c(NC(=O)C3CCN(C(=O)c4cccs4)CC3)c(-c3ccc(F)cc3)nc2c1. The topological polar surface area (TPSA) is 66.7 Å². The molecule has 5 rings (SSSR count). The molecule has 4 aromatic rings. The maximum absolute atomic E-state index is 13.5. The van der Waals surface area contributed by atoms with Crippen LogP contribution in [0.4, 0.5) is 10.2 Å². The molecule has 0 saturated carbocycles. The number of carbonyl (C=O) groups excluding carboxylic acids is 2. The molecule has 4 heterocycles. The third kappa shape index (κ3) is 4.26. The van der Waals surface area contributed by atoms with Gasteiger partial charge in [0.15, 0.2) is 0 Å². The Kier molecular flexibility index (Phi) is 5.68. The second kappa shape index (κ2) is 8.78. The van der Waals surface area contributed by atoms with Crippen LogP contribution in [0.5, 0.6) is 0 Å². The van der Waals surface area contributed by atoms with E-state index in [9.17, 15) is 14.0 Å². The highest BCUT2D eigenvalue weighted by Crippen LogP contribution is 2.31. The summed E-state index contributed by atoms with van der Waals surface area (Å²) < 4.78 is 15.3. The molecular weight excluding hydrogens is 439 g/mol. The molecule has 2 amide bonds. The van der Waals surface area contributed by atoms with Crippen molar-refractivity contribution in [2.24, 2.45) is 5.92 Å². The van der Waals surface area contributed by atoms with Crippen molar-refractivity contribution in [3.63, 3.8) is 0 Å². The number of piperidine rings is 1. The van der Waals surface area contributed by atoms with Crippen LogP contribution in [-0.4, -0.2) is 39.2 Å². The Morgan fingerprint density at radius 2 is 1.88 bits per heavy atom. The first-order valence-electron chi connectivity index (χ1n) is 10.9. The molecule has 0 unspecified atom stereocenters. The van der Waals surface area contributed by atoms with Gasteiger partial charge >= 0.3 is 0 Å². The number of nitrogens with zero attached hydrogens (tertiary/aromatic N) is 3. The van der Waals surface area contributed by atoms with Gasteiger partial charge in [-0.2, -0.15) is 0 Å². The largest absolute Gasteiger partial charge is 0.338 e. The third-order valence-corrected chi connectivity index (χ3v) is 6.88. The van der Waals surface area contributed by atoms with Crippen LogP contribution < -0.4 is 5.32 Å². The minimum atomic E-state index is -0.326. The van der Waals surface area contributed by atoms with Gasteiger partial charge in [0.2, 0.25) is 5.91 Å². The molecular formula is C25H23FN4O2S. The molecule has 3 aromatic heterocycles. The summed E-state index contributed by atoms with van der Waals surface area (Å²) in [5.41, 5.74) is 3.09. The lowest BCUT2D eigenvalue weighted by Gasteiger charge is -2.31. The van der Waals surface area contributed by atoms with E-state index in [-0.39, 0.29) is 23.5 Å². The molecule has 0 radical (unpaired) electrons. The molecule has 1 aromatic carbocycles. The molecule has 6 nitrogen and oxygen atoms in total.